The van der Waals surface area contributed by atoms with E-state index in [0.717, 1.165) is 51.1 Å². The van der Waals surface area contributed by atoms with Gasteiger partial charge < -0.3 is 9.62 Å². The fraction of sp³-hybridized carbons (Fsp3) is 0.200. The number of hydrogen-bond donors (Lipinski definition) is 1. The normalized spacial score (nSPS) is 13.1. The molecule has 2 aliphatic rings. The molecule has 0 saturated heterocycles. The Morgan fingerprint density at radius 2 is 1.27 bits per heavy atom. The van der Waals surface area contributed by atoms with E-state index in [-0.39, 0.29) is 0 Å². The van der Waals surface area contributed by atoms with Gasteiger partial charge in [0.15, 0.2) is 5.75 Å². The molecule has 0 atom stereocenters. The van der Waals surface area contributed by atoms with E-state index in [1.807, 2.05) is 18.2 Å². The van der Waals surface area contributed by atoms with E-state index in [2.05, 4.69) is 29.2 Å². The Labute approximate surface area is 174 Å². The molecule has 0 aromatic heterocycles. The quantitative estimate of drug-likeness (QED) is 0.497. The first-order valence-electron chi connectivity index (χ1n) is 9.84. The predicted molar refractivity (Wildman–Crippen MR) is 111 cm³/mol. The highest BCUT2D eigenvalue weighted by Crippen LogP contribution is 2.49. The number of nitriles is 2. The van der Waals surface area contributed by atoms with Crippen LogP contribution in [0.1, 0.15) is 33.4 Å². The standard InChI is InChI=1S/C25H18N2O3/c1-29-16-4-8-18-14(10-16)2-6-20-22(12-26)23(13-27)21-7-3-15-11-17(30-28)5-9-19(15)25(21)24(18)20/h4-5,8-11,28H,2-3,6-7H2,1H3. The second-order valence-corrected chi connectivity index (χ2v) is 7.61. The smallest absolute Gasteiger partial charge is 0.165 e. The van der Waals surface area contributed by atoms with Gasteiger partial charge in [0.05, 0.1) is 18.2 Å². The van der Waals surface area contributed by atoms with Gasteiger partial charge in [-0.15, -0.1) is 0 Å². The summed E-state index contributed by atoms with van der Waals surface area (Å²) >= 11 is 0. The van der Waals surface area contributed by atoms with Gasteiger partial charge in [0, 0.05) is 0 Å². The van der Waals surface area contributed by atoms with E-state index in [9.17, 15) is 10.5 Å². The summed E-state index contributed by atoms with van der Waals surface area (Å²) < 4.78 is 5.41. The van der Waals surface area contributed by atoms with Crippen molar-refractivity contribution in [2.45, 2.75) is 25.7 Å². The van der Waals surface area contributed by atoms with Crippen LogP contribution in [-0.2, 0) is 25.7 Å². The molecule has 0 aliphatic heterocycles. The van der Waals surface area contributed by atoms with Crippen molar-refractivity contribution in [1.29, 1.82) is 10.5 Å². The van der Waals surface area contributed by atoms with Gasteiger partial charge in [-0.25, -0.2) is 5.26 Å². The molecule has 3 aromatic carbocycles. The highest BCUT2D eigenvalue weighted by Gasteiger charge is 2.32. The second kappa shape index (κ2) is 6.91. The fourth-order valence-electron chi connectivity index (χ4n) is 4.94. The van der Waals surface area contributed by atoms with Crippen molar-refractivity contribution in [2.24, 2.45) is 0 Å². The van der Waals surface area contributed by atoms with E-state index in [0.29, 0.717) is 36.1 Å². The summed E-state index contributed by atoms with van der Waals surface area (Å²) in [4.78, 5) is 4.43. The predicted octanol–water partition coefficient (Wildman–Crippen LogP) is 4.82. The molecule has 0 bridgehead atoms. The van der Waals surface area contributed by atoms with E-state index in [1.54, 1.807) is 13.2 Å². The third-order valence-electron chi connectivity index (χ3n) is 6.25. The summed E-state index contributed by atoms with van der Waals surface area (Å²) in [7, 11) is 1.66. The summed E-state index contributed by atoms with van der Waals surface area (Å²) in [5.74, 6) is 1.20. The Hall–Kier alpha value is -3.80. The Kier molecular flexibility index (Phi) is 4.20. The van der Waals surface area contributed by atoms with Crippen LogP contribution >= 0.6 is 0 Å². The van der Waals surface area contributed by atoms with Gasteiger partial charge in [-0.05, 0) is 94.5 Å². The van der Waals surface area contributed by atoms with Gasteiger partial charge in [-0.2, -0.15) is 10.5 Å². The van der Waals surface area contributed by atoms with Crippen molar-refractivity contribution in [3.8, 4) is 45.9 Å². The van der Waals surface area contributed by atoms with Crippen LogP contribution < -0.4 is 9.62 Å². The molecule has 5 rings (SSSR count). The Bertz CT molecular complexity index is 1190. The third-order valence-corrected chi connectivity index (χ3v) is 6.25. The lowest BCUT2D eigenvalue weighted by atomic mass is 9.72. The van der Waals surface area contributed by atoms with Crippen LogP contribution in [0.5, 0.6) is 11.5 Å². The number of nitrogens with zero attached hydrogens (tertiary/aromatic N) is 2. The average molecular weight is 394 g/mol. The van der Waals surface area contributed by atoms with Crippen LogP contribution in [0.25, 0.3) is 22.3 Å². The fourth-order valence-corrected chi connectivity index (χ4v) is 4.94. The molecule has 5 heteroatoms. The van der Waals surface area contributed by atoms with Crippen LogP contribution in [0.3, 0.4) is 0 Å². The molecule has 146 valence electrons. The maximum atomic E-state index is 9.94. The molecule has 0 saturated carbocycles. The molecule has 3 aromatic rings. The van der Waals surface area contributed by atoms with Crippen LogP contribution in [0.15, 0.2) is 36.4 Å². The lowest BCUT2D eigenvalue weighted by molar-refractivity contribution is -0.137. The number of rotatable bonds is 2. The summed E-state index contributed by atoms with van der Waals surface area (Å²) in [5, 5.41) is 28.9. The molecule has 0 spiro atoms. The van der Waals surface area contributed by atoms with E-state index >= 15 is 0 Å². The molecule has 0 unspecified atom stereocenters. The van der Waals surface area contributed by atoms with Gasteiger partial charge in [-0.3, -0.25) is 0 Å². The first-order chi connectivity index (χ1) is 14.7. The first kappa shape index (κ1) is 18.2. The number of hydrogen-bond acceptors (Lipinski definition) is 5. The van der Waals surface area contributed by atoms with Crippen molar-refractivity contribution in [1.82, 2.24) is 0 Å². The molecular weight excluding hydrogens is 376 g/mol. The molecule has 30 heavy (non-hydrogen) atoms. The van der Waals surface area contributed by atoms with Crippen molar-refractivity contribution in [3.63, 3.8) is 0 Å². The molecule has 0 heterocycles. The molecule has 1 N–H and O–H groups in total. The monoisotopic (exact) mass is 394 g/mol. The third kappa shape index (κ3) is 2.50. The largest absolute Gasteiger partial charge is 0.497 e. The van der Waals surface area contributed by atoms with Gasteiger partial charge in [0.2, 0.25) is 0 Å². The highest BCUT2D eigenvalue weighted by molar-refractivity contribution is 5.95. The Morgan fingerprint density at radius 1 is 0.767 bits per heavy atom. The van der Waals surface area contributed by atoms with Crippen molar-refractivity contribution in [2.75, 3.05) is 7.11 Å². The van der Waals surface area contributed by atoms with E-state index < -0.39 is 0 Å². The van der Waals surface area contributed by atoms with Gasteiger partial charge in [0.1, 0.15) is 17.9 Å². The van der Waals surface area contributed by atoms with E-state index in [4.69, 9.17) is 9.99 Å². The molecule has 2 aliphatic carbocycles. The van der Waals surface area contributed by atoms with Gasteiger partial charge in [-0.1, -0.05) is 12.1 Å². The summed E-state index contributed by atoms with van der Waals surface area (Å²) in [6, 6.07) is 16.2. The minimum absolute atomic E-state index is 0.394. The maximum absolute atomic E-state index is 9.94. The first-order valence-corrected chi connectivity index (χ1v) is 9.84. The van der Waals surface area contributed by atoms with Gasteiger partial charge in [0.25, 0.3) is 0 Å². The van der Waals surface area contributed by atoms with Crippen molar-refractivity contribution in [3.05, 3.63) is 69.8 Å². The molecular formula is C25H18N2O3. The number of ether oxygens (including phenoxy) is 1. The summed E-state index contributed by atoms with van der Waals surface area (Å²) in [6.07, 6.45) is 2.87. The van der Waals surface area contributed by atoms with Crippen LogP contribution in [0.2, 0.25) is 0 Å². The number of benzene rings is 3. The summed E-state index contributed by atoms with van der Waals surface area (Å²) in [6.45, 7) is 0. The topological polar surface area (TPSA) is 86.3 Å². The molecule has 0 amide bonds. The zero-order valence-corrected chi connectivity index (χ0v) is 16.5. The zero-order valence-electron chi connectivity index (χ0n) is 16.5. The molecule has 0 fully saturated rings. The average Bonchev–Trinajstić information content (AvgIpc) is 2.81. The Morgan fingerprint density at radius 3 is 1.73 bits per heavy atom. The highest BCUT2D eigenvalue weighted by atomic mass is 17.1. The maximum Gasteiger partial charge on any atom is 0.165 e. The summed E-state index contributed by atoms with van der Waals surface area (Å²) in [5.41, 5.74) is 9.30. The lowest BCUT2D eigenvalue weighted by Crippen LogP contribution is -2.15. The van der Waals surface area contributed by atoms with Crippen LogP contribution in [-0.4, -0.2) is 12.4 Å². The molecule has 0 radical (unpaired) electrons. The number of methoxy groups -OCH3 is 1. The molecule has 5 nitrogen and oxygen atoms in total. The minimum atomic E-state index is 0.394. The number of aryl methyl sites for hydroxylation is 2. The SMILES string of the molecule is COc1ccc2c(c1)CCc1c(C#N)c(C#N)c3c(c1-2)-c1ccc(OO)cc1CC3. The van der Waals surface area contributed by atoms with Crippen LogP contribution in [0.4, 0.5) is 0 Å². The zero-order chi connectivity index (χ0) is 20.8. The lowest BCUT2D eigenvalue weighted by Gasteiger charge is -2.30. The Balaban J connectivity index is 1.90. The van der Waals surface area contributed by atoms with Crippen molar-refractivity contribution >= 4 is 0 Å². The second-order valence-electron chi connectivity index (χ2n) is 7.61. The van der Waals surface area contributed by atoms with Gasteiger partial charge >= 0.3 is 0 Å². The minimum Gasteiger partial charge on any atom is -0.497 e. The van der Waals surface area contributed by atoms with Crippen LogP contribution in [0, 0.1) is 22.7 Å². The number of fused-ring (bicyclic) bond motifs is 7. The van der Waals surface area contributed by atoms with Crippen molar-refractivity contribution < 1.29 is 14.9 Å². The van der Waals surface area contributed by atoms with E-state index in [1.165, 1.54) is 5.56 Å².